The number of piperazine rings is 1. The van der Waals surface area contributed by atoms with Crippen molar-refractivity contribution in [2.75, 3.05) is 37.6 Å². The summed E-state index contributed by atoms with van der Waals surface area (Å²) in [4.78, 5) is 10.9. The normalized spacial score (nSPS) is 16.2. The third kappa shape index (κ3) is 2.59. The average Bonchev–Trinajstić information content (AvgIpc) is 3.25. The van der Waals surface area contributed by atoms with Crippen molar-refractivity contribution in [1.82, 2.24) is 19.5 Å². The van der Waals surface area contributed by atoms with Gasteiger partial charge in [-0.05, 0) is 31.8 Å². The molecule has 0 unspecified atom stereocenters. The van der Waals surface area contributed by atoms with Gasteiger partial charge in [0.05, 0.1) is 4.88 Å². The van der Waals surface area contributed by atoms with Crippen molar-refractivity contribution in [3.05, 3.63) is 34.8 Å². The Morgan fingerprint density at radius 2 is 1.96 bits per heavy atom. The summed E-state index contributed by atoms with van der Waals surface area (Å²) < 4.78 is 2.04. The molecule has 1 saturated heterocycles. The fourth-order valence-electron chi connectivity index (χ4n) is 3.37. The van der Waals surface area contributed by atoms with E-state index in [0.29, 0.717) is 0 Å². The highest BCUT2D eigenvalue weighted by atomic mass is 32.1. The minimum atomic E-state index is 0.939. The van der Waals surface area contributed by atoms with Crippen molar-refractivity contribution >= 4 is 22.8 Å². The van der Waals surface area contributed by atoms with Crippen LogP contribution in [0.25, 0.3) is 16.2 Å². The number of hydrogen-bond donors (Lipinski definition) is 0. The van der Waals surface area contributed by atoms with Crippen LogP contribution in [0.4, 0.5) is 5.82 Å². The monoisotopic (exact) mass is 341 g/mol. The van der Waals surface area contributed by atoms with Crippen LogP contribution in [-0.2, 0) is 0 Å². The Hall–Kier alpha value is -1.92. The molecule has 1 aliphatic heterocycles. The number of aromatic nitrogens is 3. The number of rotatable bonds is 3. The lowest BCUT2D eigenvalue weighted by molar-refractivity contribution is 0.270. The zero-order valence-corrected chi connectivity index (χ0v) is 15.3. The first-order chi connectivity index (χ1) is 11.7. The maximum Gasteiger partial charge on any atom is 0.158 e. The highest BCUT2D eigenvalue weighted by molar-refractivity contribution is 7.13. The SMILES string of the molecule is CCN1CCN(c2c(C)c(C)nc3cc(-c4cccs4)nn23)CC1. The summed E-state index contributed by atoms with van der Waals surface area (Å²) in [5.41, 5.74) is 4.27. The van der Waals surface area contributed by atoms with Gasteiger partial charge in [-0.2, -0.15) is 9.61 Å². The molecule has 0 spiro atoms. The van der Waals surface area contributed by atoms with Crippen LogP contribution in [0.2, 0.25) is 0 Å². The third-order valence-electron chi connectivity index (χ3n) is 4.94. The Kier molecular flexibility index (Phi) is 4.02. The van der Waals surface area contributed by atoms with Crippen LogP contribution >= 0.6 is 11.3 Å². The van der Waals surface area contributed by atoms with Crippen LogP contribution < -0.4 is 4.90 Å². The minimum absolute atomic E-state index is 0.939. The number of anilines is 1. The lowest BCUT2D eigenvalue weighted by Crippen LogP contribution is -2.47. The Morgan fingerprint density at radius 3 is 2.62 bits per heavy atom. The predicted molar refractivity (Wildman–Crippen MR) is 100 cm³/mol. The average molecular weight is 341 g/mol. The molecule has 0 bridgehead atoms. The number of hydrogen-bond acceptors (Lipinski definition) is 5. The molecular formula is C18H23N5S. The van der Waals surface area contributed by atoms with Gasteiger partial charge in [0.15, 0.2) is 5.65 Å². The number of thiophene rings is 1. The Balaban J connectivity index is 1.80. The lowest BCUT2D eigenvalue weighted by atomic mass is 10.2. The first kappa shape index (κ1) is 15.6. The quantitative estimate of drug-likeness (QED) is 0.733. The summed E-state index contributed by atoms with van der Waals surface area (Å²) in [6, 6.07) is 6.29. The van der Waals surface area contributed by atoms with Crippen molar-refractivity contribution in [2.24, 2.45) is 0 Å². The van der Waals surface area contributed by atoms with Gasteiger partial charge < -0.3 is 9.80 Å². The van der Waals surface area contributed by atoms with Gasteiger partial charge in [-0.3, -0.25) is 0 Å². The largest absolute Gasteiger partial charge is 0.354 e. The van der Waals surface area contributed by atoms with Crippen molar-refractivity contribution in [3.8, 4) is 10.6 Å². The predicted octanol–water partition coefficient (Wildman–Crippen LogP) is 3.22. The first-order valence-electron chi connectivity index (χ1n) is 8.55. The molecule has 1 fully saturated rings. The molecule has 24 heavy (non-hydrogen) atoms. The van der Waals surface area contributed by atoms with Gasteiger partial charge >= 0.3 is 0 Å². The fraction of sp³-hybridized carbons (Fsp3) is 0.444. The molecule has 6 heteroatoms. The van der Waals surface area contributed by atoms with Crippen LogP contribution in [0.15, 0.2) is 23.6 Å². The molecule has 0 N–H and O–H groups in total. The Morgan fingerprint density at radius 1 is 1.17 bits per heavy atom. The van der Waals surface area contributed by atoms with Gasteiger partial charge in [-0.1, -0.05) is 13.0 Å². The lowest BCUT2D eigenvalue weighted by Gasteiger charge is -2.36. The topological polar surface area (TPSA) is 36.7 Å². The summed E-state index contributed by atoms with van der Waals surface area (Å²) in [5, 5.41) is 6.97. The molecule has 0 radical (unpaired) electrons. The van der Waals surface area contributed by atoms with E-state index in [0.717, 1.165) is 49.8 Å². The molecule has 1 aliphatic rings. The standard InChI is InChI=1S/C18H23N5S/c1-4-21-7-9-22(10-8-21)18-13(2)14(3)19-17-12-15(20-23(17)18)16-6-5-11-24-16/h5-6,11-12H,4,7-10H2,1-3H3. The zero-order valence-electron chi connectivity index (χ0n) is 14.5. The van der Waals surface area contributed by atoms with E-state index >= 15 is 0 Å². The molecule has 0 saturated carbocycles. The highest BCUT2D eigenvalue weighted by Crippen LogP contribution is 2.29. The second-order valence-electron chi connectivity index (χ2n) is 6.34. The zero-order chi connectivity index (χ0) is 16.7. The molecule has 5 nitrogen and oxygen atoms in total. The number of likely N-dealkylation sites (N-methyl/N-ethyl adjacent to an activating group) is 1. The molecule has 0 aromatic carbocycles. The van der Waals surface area contributed by atoms with Gasteiger partial charge in [0.2, 0.25) is 0 Å². The number of nitrogens with zero attached hydrogens (tertiary/aromatic N) is 5. The highest BCUT2D eigenvalue weighted by Gasteiger charge is 2.22. The van der Waals surface area contributed by atoms with Crippen molar-refractivity contribution in [3.63, 3.8) is 0 Å². The van der Waals surface area contributed by atoms with Gasteiger partial charge in [0.25, 0.3) is 0 Å². The fourth-order valence-corrected chi connectivity index (χ4v) is 4.06. The van der Waals surface area contributed by atoms with Gasteiger partial charge in [-0.15, -0.1) is 11.3 Å². The molecule has 4 rings (SSSR count). The van der Waals surface area contributed by atoms with E-state index in [1.807, 2.05) is 4.52 Å². The summed E-state index contributed by atoms with van der Waals surface area (Å²) in [5.74, 6) is 1.20. The molecule has 126 valence electrons. The molecule has 0 atom stereocenters. The van der Waals surface area contributed by atoms with E-state index in [9.17, 15) is 0 Å². The Bertz CT molecular complexity index is 844. The van der Waals surface area contributed by atoms with E-state index in [4.69, 9.17) is 10.1 Å². The third-order valence-corrected chi connectivity index (χ3v) is 5.84. The van der Waals surface area contributed by atoms with Gasteiger partial charge in [-0.25, -0.2) is 4.98 Å². The van der Waals surface area contributed by atoms with Crippen molar-refractivity contribution < 1.29 is 0 Å². The number of aryl methyl sites for hydroxylation is 1. The van der Waals surface area contributed by atoms with E-state index in [1.165, 1.54) is 16.3 Å². The van der Waals surface area contributed by atoms with E-state index in [1.54, 1.807) is 11.3 Å². The molecule has 0 aliphatic carbocycles. The molecule has 0 amide bonds. The smallest absolute Gasteiger partial charge is 0.158 e. The summed E-state index contributed by atoms with van der Waals surface area (Å²) in [7, 11) is 0. The van der Waals surface area contributed by atoms with Gasteiger partial charge in [0, 0.05) is 43.5 Å². The number of fused-ring (bicyclic) bond motifs is 1. The van der Waals surface area contributed by atoms with Crippen LogP contribution in [0.1, 0.15) is 18.2 Å². The maximum atomic E-state index is 4.88. The molecule has 4 heterocycles. The summed E-state index contributed by atoms with van der Waals surface area (Å²) >= 11 is 1.72. The minimum Gasteiger partial charge on any atom is -0.354 e. The summed E-state index contributed by atoms with van der Waals surface area (Å²) in [6.07, 6.45) is 0. The Labute approximate surface area is 146 Å². The van der Waals surface area contributed by atoms with Crippen molar-refractivity contribution in [2.45, 2.75) is 20.8 Å². The second kappa shape index (κ2) is 6.18. The first-order valence-corrected chi connectivity index (χ1v) is 9.43. The van der Waals surface area contributed by atoms with Crippen LogP contribution in [0.3, 0.4) is 0 Å². The van der Waals surface area contributed by atoms with E-state index in [-0.39, 0.29) is 0 Å². The maximum absolute atomic E-state index is 4.88. The van der Waals surface area contributed by atoms with Crippen LogP contribution in [0.5, 0.6) is 0 Å². The van der Waals surface area contributed by atoms with Crippen molar-refractivity contribution in [1.29, 1.82) is 0 Å². The summed E-state index contributed by atoms with van der Waals surface area (Å²) in [6.45, 7) is 11.9. The molecular weight excluding hydrogens is 318 g/mol. The second-order valence-corrected chi connectivity index (χ2v) is 7.29. The molecule has 3 aromatic rings. The van der Waals surface area contributed by atoms with E-state index < -0.39 is 0 Å². The molecule has 3 aromatic heterocycles. The van der Waals surface area contributed by atoms with E-state index in [2.05, 4.69) is 54.2 Å². The van der Waals surface area contributed by atoms with Crippen LogP contribution in [-0.4, -0.2) is 52.2 Å². The van der Waals surface area contributed by atoms with Gasteiger partial charge in [0.1, 0.15) is 11.5 Å². The van der Waals surface area contributed by atoms with Crippen LogP contribution in [0, 0.1) is 13.8 Å².